The second-order valence-corrected chi connectivity index (χ2v) is 5.75. The molecule has 2 rings (SSSR count). The fourth-order valence-electron chi connectivity index (χ4n) is 2.15. The smallest absolute Gasteiger partial charge is 0.0230 e. The third-order valence-corrected chi connectivity index (χ3v) is 4.44. The van der Waals surface area contributed by atoms with Crippen LogP contribution in [0.25, 0.3) is 0 Å². The maximum atomic E-state index is 2.45. The van der Waals surface area contributed by atoms with Gasteiger partial charge in [-0.15, -0.1) is 11.8 Å². The standard InChI is InChI=1S/C11H19NS/c1-12-8-7-11(9-12)13-10-5-3-2-4-6-10/h3,5,10-11H,2,4,6-9H2,1H3/t10-,11?/m1/s1. The Bertz CT molecular complexity index is 191. The molecule has 13 heavy (non-hydrogen) atoms. The molecule has 0 aromatic carbocycles. The van der Waals surface area contributed by atoms with E-state index in [4.69, 9.17) is 0 Å². The lowest BCUT2D eigenvalue weighted by molar-refractivity contribution is 0.419. The Morgan fingerprint density at radius 2 is 2.31 bits per heavy atom. The van der Waals surface area contributed by atoms with Crippen LogP contribution < -0.4 is 0 Å². The summed E-state index contributed by atoms with van der Waals surface area (Å²) < 4.78 is 0. The number of rotatable bonds is 2. The summed E-state index contributed by atoms with van der Waals surface area (Å²) in [6, 6.07) is 0. The summed E-state index contributed by atoms with van der Waals surface area (Å²) in [5, 5.41) is 1.72. The van der Waals surface area contributed by atoms with E-state index >= 15 is 0 Å². The maximum absolute atomic E-state index is 2.45. The van der Waals surface area contributed by atoms with Gasteiger partial charge in [-0.2, -0.15) is 0 Å². The molecule has 0 bridgehead atoms. The Morgan fingerprint density at radius 3 is 2.92 bits per heavy atom. The minimum absolute atomic E-state index is 0.824. The summed E-state index contributed by atoms with van der Waals surface area (Å²) in [5.41, 5.74) is 0. The number of nitrogens with zero attached hydrogens (tertiary/aromatic N) is 1. The van der Waals surface area contributed by atoms with Gasteiger partial charge in [-0.3, -0.25) is 0 Å². The van der Waals surface area contributed by atoms with Crippen molar-refractivity contribution in [2.75, 3.05) is 20.1 Å². The van der Waals surface area contributed by atoms with Gasteiger partial charge in [0.1, 0.15) is 0 Å². The molecule has 0 amide bonds. The molecule has 1 fully saturated rings. The molecule has 1 aliphatic heterocycles. The van der Waals surface area contributed by atoms with Crippen LogP contribution in [0.1, 0.15) is 25.7 Å². The summed E-state index contributed by atoms with van der Waals surface area (Å²) >= 11 is 2.20. The number of hydrogen-bond donors (Lipinski definition) is 0. The van der Waals surface area contributed by atoms with E-state index in [9.17, 15) is 0 Å². The van der Waals surface area contributed by atoms with Gasteiger partial charge in [0.25, 0.3) is 0 Å². The van der Waals surface area contributed by atoms with Crippen molar-refractivity contribution >= 4 is 11.8 Å². The van der Waals surface area contributed by atoms with E-state index in [0.29, 0.717) is 0 Å². The Hall–Kier alpha value is 0.0500. The molecule has 0 spiro atoms. The lowest BCUT2D eigenvalue weighted by atomic mass is 10.1. The van der Waals surface area contributed by atoms with Gasteiger partial charge >= 0.3 is 0 Å². The van der Waals surface area contributed by atoms with Gasteiger partial charge in [-0.25, -0.2) is 0 Å². The average Bonchev–Trinajstić information content (AvgIpc) is 2.53. The van der Waals surface area contributed by atoms with E-state index in [0.717, 1.165) is 10.5 Å². The first-order valence-corrected chi connectivity index (χ1v) is 6.29. The quantitative estimate of drug-likeness (QED) is 0.626. The zero-order chi connectivity index (χ0) is 9.10. The van der Waals surface area contributed by atoms with Crippen molar-refractivity contribution in [3.8, 4) is 0 Å². The molecule has 0 N–H and O–H groups in total. The second-order valence-electron chi connectivity index (χ2n) is 4.21. The molecule has 0 radical (unpaired) electrons. The molecule has 1 unspecified atom stereocenters. The third kappa shape index (κ3) is 2.75. The normalized spacial score (nSPS) is 35.5. The molecule has 0 saturated carbocycles. The molecular formula is C11H19NS. The van der Waals surface area contributed by atoms with Crippen LogP contribution in [0.15, 0.2) is 12.2 Å². The molecule has 1 heterocycles. The van der Waals surface area contributed by atoms with Gasteiger partial charge in [0, 0.05) is 17.0 Å². The van der Waals surface area contributed by atoms with Gasteiger partial charge in [0.05, 0.1) is 0 Å². The van der Waals surface area contributed by atoms with Crippen molar-refractivity contribution in [2.24, 2.45) is 0 Å². The number of allylic oxidation sites excluding steroid dienone is 1. The molecule has 2 aliphatic rings. The van der Waals surface area contributed by atoms with Gasteiger partial charge in [0.15, 0.2) is 0 Å². The van der Waals surface area contributed by atoms with Crippen LogP contribution in [0.3, 0.4) is 0 Å². The van der Waals surface area contributed by atoms with Gasteiger partial charge < -0.3 is 4.90 Å². The number of thioether (sulfide) groups is 1. The largest absolute Gasteiger partial charge is 0.305 e. The first-order valence-electron chi connectivity index (χ1n) is 5.35. The summed E-state index contributed by atoms with van der Waals surface area (Å²) in [6.45, 7) is 2.60. The monoisotopic (exact) mass is 197 g/mol. The average molecular weight is 197 g/mol. The van der Waals surface area contributed by atoms with E-state index in [-0.39, 0.29) is 0 Å². The van der Waals surface area contributed by atoms with Crippen LogP contribution in [-0.2, 0) is 0 Å². The van der Waals surface area contributed by atoms with Crippen LogP contribution in [0, 0.1) is 0 Å². The van der Waals surface area contributed by atoms with E-state index in [1.165, 1.54) is 38.8 Å². The molecule has 1 saturated heterocycles. The van der Waals surface area contributed by atoms with E-state index < -0.39 is 0 Å². The summed E-state index contributed by atoms with van der Waals surface area (Å²) in [5.74, 6) is 0. The maximum Gasteiger partial charge on any atom is 0.0230 e. The van der Waals surface area contributed by atoms with Gasteiger partial charge in [-0.05, 0) is 39.3 Å². The van der Waals surface area contributed by atoms with Crippen molar-refractivity contribution in [3.63, 3.8) is 0 Å². The predicted octanol–water partition coefficient (Wildman–Crippen LogP) is 2.53. The van der Waals surface area contributed by atoms with Crippen LogP contribution >= 0.6 is 11.8 Å². The zero-order valence-corrected chi connectivity index (χ0v) is 9.22. The number of likely N-dealkylation sites (tertiary alicyclic amines) is 1. The molecule has 0 aromatic heterocycles. The van der Waals surface area contributed by atoms with Crippen LogP contribution in [0.4, 0.5) is 0 Å². The number of hydrogen-bond acceptors (Lipinski definition) is 2. The van der Waals surface area contributed by atoms with E-state index in [1.807, 2.05) is 0 Å². The minimum Gasteiger partial charge on any atom is -0.305 e. The molecule has 1 aliphatic carbocycles. The highest BCUT2D eigenvalue weighted by molar-refractivity contribution is 8.00. The Morgan fingerprint density at radius 1 is 1.38 bits per heavy atom. The third-order valence-electron chi connectivity index (χ3n) is 2.93. The lowest BCUT2D eigenvalue weighted by Gasteiger charge is -2.19. The van der Waals surface area contributed by atoms with Crippen molar-refractivity contribution in [1.29, 1.82) is 0 Å². The second kappa shape index (κ2) is 4.52. The predicted molar refractivity (Wildman–Crippen MR) is 60.3 cm³/mol. The fraction of sp³-hybridized carbons (Fsp3) is 0.818. The van der Waals surface area contributed by atoms with Crippen molar-refractivity contribution in [3.05, 3.63) is 12.2 Å². The van der Waals surface area contributed by atoms with Crippen LogP contribution in [0.2, 0.25) is 0 Å². The molecule has 2 atom stereocenters. The van der Waals surface area contributed by atoms with Crippen molar-refractivity contribution < 1.29 is 0 Å². The first-order chi connectivity index (χ1) is 6.34. The first kappa shape index (κ1) is 9.60. The molecule has 0 aromatic rings. The van der Waals surface area contributed by atoms with E-state index in [1.54, 1.807) is 0 Å². The Balaban J connectivity index is 1.77. The van der Waals surface area contributed by atoms with Gasteiger partial charge in [0.2, 0.25) is 0 Å². The zero-order valence-electron chi connectivity index (χ0n) is 8.41. The lowest BCUT2D eigenvalue weighted by Crippen LogP contribution is -2.17. The Kier molecular flexibility index (Phi) is 3.33. The summed E-state index contributed by atoms with van der Waals surface area (Å²) in [7, 11) is 2.23. The summed E-state index contributed by atoms with van der Waals surface area (Å²) in [6.07, 6.45) is 10.3. The van der Waals surface area contributed by atoms with Gasteiger partial charge in [-0.1, -0.05) is 12.2 Å². The molecule has 2 heteroatoms. The SMILES string of the molecule is CN1CCC(S[C@@H]2C=CCCC2)C1. The Labute approximate surface area is 85.6 Å². The molecule has 74 valence electrons. The topological polar surface area (TPSA) is 3.24 Å². The van der Waals surface area contributed by atoms with E-state index in [2.05, 4.69) is 35.9 Å². The summed E-state index contributed by atoms with van der Waals surface area (Å²) in [4.78, 5) is 2.45. The van der Waals surface area contributed by atoms with Crippen molar-refractivity contribution in [2.45, 2.75) is 36.2 Å². The highest BCUT2D eigenvalue weighted by Gasteiger charge is 2.22. The van der Waals surface area contributed by atoms with Crippen LogP contribution in [0.5, 0.6) is 0 Å². The highest BCUT2D eigenvalue weighted by atomic mass is 32.2. The van der Waals surface area contributed by atoms with Crippen molar-refractivity contribution in [1.82, 2.24) is 4.90 Å². The molecular weight excluding hydrogens is 178 g/mol. The highest BCUT2D eigenvalue weighted by Crippen LogP contribution is 2.30. The molecule has 1 nitrogen and oxygen atoms in total. The van der Waals surface area contributed by atoms with Crippen LogP contribution in [-0.4, -0.2) is 35.5 Å². The minimum atomic E-state index is 0.824. The fourth-order valence-corrected chi connectivity index (χ4v) is 3.73.